The lowest BCUT2D eigenvalue weighted by atomic mass is 10.3. The van der Waals surface area contributed by atoms with E-state index in [1.807, 2.05) is 24.4 Å². The van der Waals surface area contributed by atoms with Crippen molar-refractivity contribution >= 4 is 28.6 Å². The van der Waals surface area contributed by atoms with E-state index in [1.165, 1.54) is 0 Å². The maximum Gasteiger partial charge on any atom is 0.411 e. The average Bonchev–Trinajstić information content (AvgIpc) is 3.11. The summed E-state index contributed by atoms with van der Waals surface area (Å²) < 4.78 is 40.0. The molecule has 0 radical (unpaired) electrons. The second-order valence-corrected chi connectivity index (χ2v) is 7.27. The van der Waals surface area contributed by atoms with Crippen LogP contribution in [-0.4, -0.2) is 36.8 Å². The number of ether oxygens (including phenoxy) is 1. The van der Waals surface area contributed by atoms with Gasteiger partial charge in [0.15, 0.2) is 0 Å². The molecule has 1 N–H and O–H groups in total. The Bertz CT molecular complexity index is 668. The summed E-state index contributed by atoms with van der Waals surface area (Å²) in [6, 6.07) is 3.99. The molecule has 0 saturated carbocycles. The molecule has 0 unspecified atom stereocenters. The van der Waals surface area contributed by atoms with Crippen molar-refractivity contribution in [3.8, 4) is 10.6 Å². The summed E-state index contributed by atoms with van der Waals surface area (Å²) in [6.45, 7) is 0.830. The number of amides is 1. The average molecular weight is 378 g/mol. The standard InChI is InChI=1S/C15H17F3N2O2S2/c1-10-20-12(8-23-10)13-3-2-11(24-13)4-6-19-14(21)5-7-22-9-15(16,17)18/h2-3,8H,4-7,9H2,1H3,(H,19,21). The summed E-state index contributed by atoms with van der Waals surface area (Å²) in [5.41, 5.74) is 0.958. The Morgan fingerprint density at radius 3 is 2.83 bits per heavy atom. The SMILES string of the molecule is Cc1nc(-c2ccc(CCNC(=O)CCOCC(F)(F)F)s2)cs1. The number of halogens is 3. The van der Waals surface area contributed by atoms with Crippen LogP contribution in [0.15, 0.2) is 17.5 Å². The number of carbonyl (C=O) groups is 1. The molecule has 0 aliphatic heterocycles. The van der Waals surface area contributed by atoms with Crippen LogP contribution in [0.1, 0.15) is 16.3 Å². The number of hydrogen-bond acceptors (Lipinski definition) is 5. The second kappa shape index (κ2) is 8.59. The number of nitrogens with zero attached hydrogens (tertiary/aromatic N) is 1. The van der Waals surface area contributed by atoms with Crippen molar-refractivity contribution in [2.45, 2.75) is 25.9 Å². The van der Waals surface area contributed by atoms with Gasteiger partial charge in [0, 0.05) is 23.2 Å². The van der Waals surface area contributed by atoms with Gasteiger partial charge >= 0.3 is 6.18 Å². The molecule has 0 aliphatic rings. The van der Waals surface area contributed by atoms with E-state index < -0.39 is 12.8 Å². The highest BCUT2D eigenvalue weighted by molar-refractivity contribution is 7.16. The number of hydrogen-bond donors (Lipinski definition) is 1. The Morgan fingerprint density at radius 1 is 1.38 bits per heavy atom. The van der Waals surface area contributed by atoms with Crippen molar-refractivity contribution in [2.75, 3.05) is 19.8 Å². The summed E-state index contributed by atoms with van der Waals surface area (Å²) in [7, 11) is 0. The van der Waals surface area contributed by atoms with E-state index in [4.69, 9.17) is 0 Å². The van der Waals surface area contributed by atoms with E-state index in [9.17, 15) is 18.0 Å². The van der Waals surface area contributed by atoms with Crippen molar-refractivity contribution in [2.24, 2.45) is 0 Å². The predicted octanol–water partition coefficient (Wildman–Crippen LogP) is 3.81. The number of nitrogens with one attached hydrogen (secondary N) is 1. The Hall–Kier alpha value is -1.45. The summed E-state index contributed by atoms with van der Waals surface area (Å²) in [5.74, 6) is -0.316. The van der Waals surface area contributed by atoms with E-state index in [0.717, 1.165) is 20.5 Å². The molecule has 1 amide bonds. The lowest BCUT2D eigenvalue weighted by Crippen LogP contribution is -2.27. The molecule has 0 atom stereocenters. The third kappa shape index (κ3) is 6.58. The molecule has 2 rings (SSSR count). The highest BCUT2D eigenvalue weighted by atomic mass is 32.1. The van der Waals surface area contributed by atoms with Gasteiger partial charge in [0.2, 0.25) is 5.91 Å². The molecule has 24 heavy (non-hydrogen) atoms. The van der Waals surface area contributed by atoms with E-state index in [1.54, 1.807) is 22.7 Å². The first-order valence-corrected chi connectivity index (χ1v) is 8.95. The fourth-order valence-electron chi connectivity index (χ4n) is 1.89. The lowest BCUT2D eigenvalue weighted by molar-refractivity contribution is -0.174. The first-order valence-electron chi connectivity index (χ1n) is 7.26. The van der Waals surface area contributed by atoms with Crippen molar-refractivity contribution in [3.05, 3.63) is 27.4 Å². The molecule has 0 spiro atoms. The van der Waals surface area contributed by atoms with Gasteiger partial charge in [-0.2, -0.15) is 13.2 Å². The Kier molecular flexibility index (Phi) is 6.76. The minimum Gasteiger partial charge on any atom is -0.372 e. The van der Waals surface area contributed by atoms with Gasteiger partial charge in [-0.25, -0.2) is 4.98 Å². The normalized spacial score (nSPS) is 11.7. The van der Waals surface area contributed by atoms with Crippen LogP contribution in [0.25, 0.3) is 10.6 Å². The molecule has 0 fully saturated rings. The van der Waals surface area contributed by atoms with Crippen LogP contribution >= 0.6 is 22.7 Å². The van der Waals surface area contributed by atoms with Gasteiger partial charge in [-0.05, 0) is 25.5 Å². The molecule has 9 heteroatoms. The highest BCUT2D eigenvalue weighted by Crippen LogP contribution is 2.29. The predicted molar refractivity (Wildman–Crippen MR) is 88.4 cm³/mol. The third-order valence-electron chi connectivity index (χ3n) is 2.97. The van der Waals surface area contributed by atoms with Crippen molar-refractivity contribution < 1.29 is 22.7 Å². The van der Waals surface area contributed by atoms with Gasteiger partial charge in [-0.3, -0.25) is 4.79 Å². The van der Waals surface area contributed by atoms with E-state index >= 15 is 0 Å². The molecular formula is C15H17F3N2O2S2. The fourth-order valence-corrected chi connectivity index (χ4v) is 3.55. The Morgan fingerprint density at radius 2 is 2.17 bits per heavy atom. The van der Waals surface area contributed by atoms with Crippen LogP contribution < -0.4 is 5.32 Å². The molecule has 2 aromatic rings. The van der Waals surface area contributed by atoms with Crippen LogP contribution in [0.3, 0.4) is 0 Å². The molecule has 2 aromatic heterocycles. The summed E-state index contributed by atoms with van der Waals surface area (Å²) in [4.78, 5) is 18.1. The van der Waals surface area contributed by atoms with Crippen molar-refractivity contribution in [1.82, 2.24) is 10.3 Å². The quantitative estimate of drug-likeness (QED) is 0.711. The van der Waals surface area contributed by atoms with Gasteiger partial charge in [0.05, 0.1) is 22.2 Å². The molecule has 0 aromatic carbocycles. The largest absolute Gasteiger partial charge is 0.411 e. The van der Waals surface area contributed by atoms with Gasteiger partial charge in [-0.15, -0.1) is 22.7 Å². The van der Waals surface area contributed by atoms with Crippen LogP contribution in [0.5, 0.6) is 0 Å². The maximum absolute atomic E-state index is 11.9. The number of thiazole rings is 1. The first-order chi connectivity index (χ1) is 11.3. The summed E-state index contributed by atoms with van der Waals surface area (Å²) in [5, 5.41) is 5.70. The van der Waals surface area contributed by atoms with Gasteiger partial charge < -0.3 is 10.1 Å². The minimum absolute atomic E-state index is 0.0795. The topological polar surface area (TPSA) is 51.2 Å². The zero-order chi connectivity index (χ0) is 17.6. The zero-order valence-electron chi connectivity index (χ0n) is 13.0. The molecule has 132 valence electrons. The van der Waals surface area contributed by atoms with Crippen molar-refractivity contribution in [1.29, 1.82) is 0 Å². The number of alkyl halides is 3. The monoisotopic (exact) mass is 378 g/mol. The number of aryl methyl sites for hydroxylation is 1. The lowest BCUT2D eigenvalue weighted by Gasteiger charge is -2.07. The van der Waals surface area contributed by atoms with Crippen LogP contribution in [-0.2, 0) is 16.0 Å². The van der Waals surface area contributed by atoms with Crippen molar-refractivity contribution in [3.63, 3.8) is 0 Å². The molecule has 0 aliphatic carbocycles. The fraction of sp³-hybridized carbons (Fsp3) is 0.467. The molecule has 0 bridgehead atoms. The van der Waals surface area contributed by atoms with E-state index in [0.29, 0.717) is 13.0 Å². The number of thiophene rings is 1. The minimum atomic E-state index is -4.36. The maximum atomic E-state index is 11.9. The third-order valence-corrected chi connectivity index (χ3v) is 4.91. The van der Waals surface area contributed by atoms with Crippen LogP contribution in [0.4, 0.5) is 13.2 Å². The first kappa shape index (κ1) is 18.9. The molecule has 2 heterocycles. The van der Waals surface area contributed by atoms with E-state index in [-0.39, 0.29) is 18.9 Å². The number of rotatable bonds is 8. The van der Waals surface area contributed by atoms with Gasteiger partial charge in [0.25, 0.3) is 0 Å². The Balaban J connectivity index is 1.65. The summed E-state index contributed by atoms with van der Waals surface area (Å²) >= 11 is 3.22. The smallest absolute Gasteiger partial charge is 0.372 e. The molecular weight excluding hydrogens is 361 g/mol. The van der Waals surface area contributed by atoms with Crippen LogP contribution in [0, 0.1) is 6.92 Å². The molecule has 4 nitrogen and oxygen atoms in total. The van der Waals surface area contributed by atoms with Gasteiger partial charge in [-0.1, -0.05) is 0 Å². The number of aromatic nitrogens is 1. The van der Waals surface area contributed by atoms with E-state index in [2.05, 4.69) is 15.0 Å². The molecule has 0 saturated heterocycles. The Labute approximate surface area is 145 Å². The van der Waals surface area contributed by atoms with Crippen LogP contribution in [0.2, 0.25) is 0 Å². The zero-order valence-corrected chi connectivity index (χ0v) is 14.6. The summed E-state index contributed by atoms with van der Waals surface area (Å²) in [6.07, 6.45) is -3.77. The van der Waals surface area contributed by atoms with Gasteiger partial charge in [0.1, 0.15) is 6.61 Å². The number of carbonyl (C=O) groups excluding carboxylic acids is 1. The highest BCUT2D eigenvalue weighted by Gasteiger charge is 2.27. The second-order valence-electron chi connectivity index (χ2n) is 5.04.